The fourth-order valence-corrected chi connectivity index (χ4v) is 1.36. The third-order valence-corrected chi connectivity index (χ3v) is 2.61. The number of carbonyl (C=O) groups excluding carboxylic acids is 1. The van der Waals surface area contributed by atoms with Crippen molar-refractivity contribution in [2.75, 3.05) is 0 Å². The highest BCUT2D eigenvalue weighted by molar-refractivity contribution is 5.93. The Morgan fingerprint density at radius 2 is 1.94 bits per heavy atom. The molecule has 92 valence electrons. The monoisotopic (exact) mass is 227 g/mol. The van der Waals surface area contributed by atoms with Gasteiger partial charge in [0.05, 0.1) is 6.42 Å². The highest BCUT2D eigenvalue weighted by Gasteiger charge is 2.27. The van der Waals surface area contributed by atoms with E-state index in [4.69, 9.17) is 5.11 Å². The molecule has 0 aliphatic heterocycles. The zero-order valence-corrected chi connectivity index (χ0v) is 10.5. The van der Waals surface area contributed by atoms with Gasteiger partial charge in [0.25, 0.3) is 0 Å². The van der Waals surface area contributed by atoms with Gasteiger partial charge in [-0.3, -0.25) is 9.59 Å². The molecule has 1 amide bonds. The van der Waals surface area contributed by atoms with Gasteiger partial charge >= 0.3 is 5.97 Å². The van der Waals surface area contributed by atoms with Crippen LogP contribution in [0.4, 0.5) is 0 Å². The first-order chi connectivity index (χ1) is 7.34. The minimum Gasteiger partial charge on any atom is -0.481 e. The minimum absolute atomic E-state index is 0.0609. The van der Waals surface area contributed by atoms with Gasteiger partial charge in [0, 0.05) is 11.1 Å². The van der Waals surface area contributed by atoms with Crippen LogP contribution < -0.4 is 5.32 Å². The Labute approximate surface area is 96.7 Å². The van der Waals surface area contributed by atoms with E-state index in [-0.39, 0.29) is 12.3 Å². The van der Waals surface area contributed by atoms with Crippen molar-refractivity contribution >= 4 is 11.9 Å². The van der Waals surface area contributed by atoms with Crippen molar-refractivity contribution in [3.63, 3.8) is 0 Å². The summed E-state index contributed by atoms with van der Waals surface area (Å²) in [5.41, 5.74) is -0.0428. The van der Waals surface area contributed by atoms with Gasteiger partial charge in [-0.15, -0.1) is 0 Å². The summed E-state index contributed by atoms with van der Waals surface area (Å²) in [4.78, 5) is 22.4. The van der Waals surface area contributed by atoms with Crippen molar-refractivity contribution in [3.05, 3.63) is 11.6 Å². The number of carbonyl (C=O) groups is 2. The van der Waals surface area contributed by atoms with Crippen LogP contribution in [-0.2, 0) is 9.59 Å². The molecular formula is C12H21NO3. The smallest absolute Gasteiger partial charge is 0.305 e. The molecule has 4 nitrogen and oxygen atoms in total. The van der Waals surface area contributed by atoms with Crippen LogP contribution in [0.5, 0.6) is 0 Å². The van der Waals surface area contributed by atoms with Crippen LogP contribution >= 0.6 is 0 Å². The maximum Gasteiger partial charge on any atom is 0.305 e. The Kier molecular flexibility index (Phi) is 5.78. The second-order valence-electron chi connectivity index (χ2n) is 4.23. The third kappa shape index (κ3) is 4.96. The van der Waals surface area contributed by atoms with Gasteiger partial charge in [-0.2, -0.15) is 0 Å². The minimum atomic E-state index is -0.901. The highest BCUT2D eigenvalue weighted by Crippen LogP contribution is 2.15. The number of rotatable bonds is 6. The Morgan fingerprint density at radius 3 is 2.31 bits per heavy atom. The highest BCUT2D eigenvalue weighted by atomic mass is 16.4. The summed E-state index contributed by atoms with van der Waals surface area (Å²) in [5, 5.41) is 11.5. The summed E-state index contributed by atoms with van der Waals surface area (Å²) in [6.07, 6.45) is 3.15. The van der Waals surface area contributed by atoms with Crippen LogP contribution in [0.2, 0.25) is 0 Å². The molecule has 0 aromatic carbocycles. The average molecular weight is 227 g/mol. The summed E-state index contributed by atoms with van der Waals surface area (Å²) in [7, 11) is 0. The summed E-state index contributed by atoms with van der Waals surface area (Å²) in [5.74, 6) is -1.09. The summed E-state index contributed by atoms with van der Waals surface area (Å²) in [6, 6.07) is 0. The molecule has 0 spiro atoms. The molecule has 0 saturated carbocycles. The first-order valence-corrected chi connectivity index (χ1v) is 5.55. The standard InChI is InChI=1S/C12H21NO3/c1-5-7-9(3)11(16)13-12(4,6-2)8-10(14)15/h7H,5-6,8H2,1-4H3,(H,13,16)(H,14,15)/b9-7-. The Balaban J connectivity index is 4.59. The quantitative estimate of drug-likeness (QED) is 0.683. The second-order valence-corrected chi connectivity index (χ2v) is 4.23. The van der Waals surface area contributed by atoms with E-state index in [1.165, 1.54) is 0 Å². The Hall–Kier alpha value is -1.32. The van der Waals surface area contributed by atoms with E-state index in [1.807, 2.05) is 19.9 Å². The fraction of sp³-hybridized carbons (Fsp3) is 0.667. The van der Waals surface area contributed by atoms with E-state index in [2.05, 4.69) is 5.32 Å². The Bertz CT molecular complexity index is 297. The number of aliphatic carboxylic acids is 1. The van der Waals surface area contributed by atoms with Crippen molar-refractivity contribution < 1.29 is 14.7 Å². The molecule has 16 heavy (non-hydrogen) atoms. The van der Waals surface area contributed by atoms with Crippen molar-refractivity contribution in [1.29, 1.82) is 0 Å². The second kappa shape index (κ2) is 6.30. The van der Waals surface area contributed by atoms with E-state index in [1.54, 1.807) is 13.8 Å². The zero-order chi connectivity index (χ0) is 12.8. The number of hydrogen-bond donors (Lipinski definition) is 2. The largest absolute Gasteiger partial charge is 0.481 e. The molecule has 0 rings (SSSR count). The molecular weight excluding hydrogens is 206 g/mol. The fourth-order valence-electron chi connectivity index (χ4n) is 1.36. The lowest BCUT2D eigenvalue weighted by Gasteiger charge is -2.28. The summed E-state index contributed by atoms with van der Waals surface area (Å²) >= 11 is 0. The van der Waals surface area contributed by atoms with E-state index >= 15 is 0 Å². The summed E-state index contributed by atoms with van der Waals surface area (Å²) < 4.78 is 0. The number of hydrogen-bond acceptors (Lipinski definition) is 2. The maximum absolute atomic E-state index is 11.7. The lowest BCUT2D eigenvalue weighted by molar-refractivity contribution is -0.138. The molecule has 2 N–H and O–H groups in total. The molecule has 0 radical (unpaired) electrons. The van der Waals surface area contributed by atoms with E-state index < -0.39 is 11.5 Å². The zero-order valence-electron chi connectivity index (χ0n) is 10.5. The number of allylic oxidation sites excluding steroid dienone is 1. The van der Waals surface area contributed by atoms with Crippen molar-refractivity contribution in [2.24, 2.45) is 0 Å². The first-order valence-electron chi connectivity index (χ1n) is 5.55. The number of carboxylic acids is 1. The van der Waals surface area contributed by atoms with Crippen LogP contribution in [-0.4, -0.2) is 22.5 Å². The number of amides is 1. The molecule has 0 heterocycles. The van der Waals surface area contributed by atoms with Gasteiger partial charge in [-0.05, 0) is 26.7 Å². The molecule has 4 heteroatoms. The van der Waals surface area contributed by atoms with E-state index in [0.717, 1.165) is 6.42 Å². The maximum atomic E-state index is 11.7. The van der Waals surface area contributed by atoms with Crippen molar-refractivity contribution in [3.8, 4) is 0 Å². The van der Waals surface area contributed by atoms with E-state index in [9.17, 15) is 9.59 Å². The van der Waals surface area contributed by atoms with Gasteiger partial charge in [0.15, 0.2) is 0 Å². The topological polar surface area (TPSA) is 66.4 Å². The normalized spacial score (nSPS) is 15.4. The molecule has 0 aliphatic carbocycles. The molecule has 0 bridgehead atoms. The summed E-state index contributed by atoms with van der Waals surface area (Å²) in [6.45, 7) is 7.29. The lowest BCUT2D eigenvalue weighted by Crippen LogP contribution is -2.47. The van der Waals surface area contributed by atoms with Gasteiger partial charge < -0.3 is 10.4 Å². The van der Waals surface area contributed by atoms with Gasteiger partial charge in [-0.1, -0.05) is 19.9 Å². The van der Waals surface area contributed by atoms with Crippen LogP contribution in [0.3, 0.4) is 0 Å². The molecule has 0 saturated heterocycles. The first kappa shape index (κ1) is 14.7. The van der Waals surface area contributed by atoms with Gasteiger partial charge in [0.2, 0.25) is 5.91 Å². The van der Waals surface area contributed by atoms with Gasteiger partial charge in [0.1, 0.15) is 0 Å². The molecule has 0 aromatic rings. The van der Waals surface area contributed by atoms with Gasteiger partial charge in [-0.25, -0.2) is 0 Å². The third-order valence-electron chi connectivity index (χ3n) is 2.61. The van der Waals surface area contributed by atoms with Crippen LogP contribution in [0.1, 0.15) is 47.0 Å². The van der Waals surface area contributed by atoms with Crippen molar-refractivity contribution in [1.82, 2.24) is 5.32 Å². The molecule has 0 aliphatic rings. The van der Waals surface area contributed by atoms with E-state index in [0.29, 0.717) is 12.0 Å². The predicted molar refractivity (Wildman–Crippen MR) is 63.1 cm³/mol. The Morgan fingerprint density at radius 1 is 1.38 bits per heavy atom. The molecule has 1 atom stereocenters. The van der Waals surface area contributed by atoms with Crippen LogP contribution in [0, 0.1) is 0 Å². The van der Waals surface area contributed by atoms with Crippen LogP contribution in [0.25, 0.3) is 0 Å². The average Bonchev–Trinajstić information content (AvgIpc) is 2.16. The molecule has 1 unspecified atom stereocenters. The van der Waals surface area contributed by atoms with Crippen molar-refractivity contribution in [2.45, 2.75) is 52.5 Å². The number of carboxylic acid groups (broad SMARTS) is 1. The van der Waals surface area contributed by atoms with Crippen LogP contribution in [0.15, 0.2) is 11.6 Å². The SMILES string of the molecule is CC/C=C(/C)C(=O)NC(C)(CC)CC(=O)O. The molecule has 0 fully saturated rings. The predicted octanol–water partition coefficient (Wildman–Crippen LogP) is 2.10. The number of nitrogens with one attached hydrogen (secondary N) is 1. The lowest BCUT2D eigenvalue weighted by atomic mass is 9.94. The molecule has 0 aromatic heterocycles.